The minimum absolute atomic E-state index is 0.0473. The van der Waals surface area contributed by atoms with E-state index in [0.29, 0.717) is 19.3 Å². The summed E-state index contributed by atoms with van der Waals surface area (Å²) in [4.78, 5) is 91.0. The van der Waals surface area contributed by atoms with E-state index in [2.05, 4.69) is 10.6 Å². The number of carbonyl (C=O) groups is 7. The highest BCUT2D eigenvalue weighted by molar-refractivity contribution is 5.96. The van der Waals surface area contributed by atoms with Gasteiger partial charge in [0.1, 0.15) is 18.1 Å². The number of hydrogen-bond donors (Lipinski definition) is 3. The van der Waals surface area contributed by atoms with E-state index in [9.17, 15) is 33.6 Å². The molecule has 2 aliphatic rings. The third-order valence-electron chi connectivity index (χ3n) is 7.46. The van der Waals surface area contributed by atoms with E-state index in [0.717, 1.165) is 0 Å². The van der Waals surface area contributed by atoms with Crippen LogP contribution in [0.3, 0.4) is 0 Å². The van der Waals surface area contributed by atoms with Gasteiger partial charge in [0, 0.05) is 32.4 Å². The number of nitrogens with zero attached hydrogens (tertiary/aromatic N) is 2. The van der Waals surface area contributed by atoms with Crippen molar-refractivity contribution in [3.8, 4) is 0 Å². The number of nitrogens with two attached hydrogens (primary N) is 1. The molecule has 0 spiro atoms. The van der Waals surface area contributed by atoms with Crippen molar-refractivity contribution in [3.05, 3.63) is 0 Å². The molecule has 2 saturated heterocycles. The average Bonchev–Trinajstić information content (AvgIpc) is 3.56. The molecule has 2 rings (SSSR count). The van der Waals surface area contributed by atoms with Crippen molar-refractivity contribution in [3.63, 3.8) is 0 Å². The van der Waals surface area contributed by atoms with Crippen molar-refractivity contribution in [1.29, 1.82) is 0 Å². The number of carbonyl (C=O) groups excluding carboxylic acids is 7. The van der Waals surface area contributed by atoms with E-state index < -0.39 is 54.0 Å². The fraction of sp³-hybridized carbons (Fsp3) is 0.750. The molecule has 230 valence electrons. The molecule has 1 unspecified atom stereocenters. The van der Waals surface area contributed by atoms with Gasteiger partial charge in [-0.1, -0.05) is 27.7 Å². The van der Waals surface area contributed by atoms with Gasteiger partial charge in [0.05, 0.1) is 6.04 Å². The lowest BCUT2D eigenvalue weighted by Crippen LogP contribution is -2.54. The zero-order chi connectivity index (χ0) is 31.0. The lowest BCUT2D eigenvalue weighted by atomic mass is 9.92. The van der Waals surface area contributed by atoms with Crippen molar-refractivity contribution in [2.24, 2.45) is 17.6 Å². The number of likely N-dealkylation sites (N-methyl/N-ethyl adjacent to an activating group) is 1. The third-order valence-corrected chi connectivity index (χ3v) is 7.46. The van der Waals surface area contributed by atoms with E-state index >= 15 is 0 Å². The SMILES string of the molecule is CC(C)C[C@H](C(=O)C(C)C)N(C)C(=O)[C@@H]1CCCN1C(=O)[C@H](C)OC(=O)[C@H](CCC(N)=O)NC(=O)C1CCC(=O)N1. The van der Waals surface area contributed by atoms with Gasteiger partial charge < -0.3 is 30.9 Å². The van der Waals surface area contributed by atoms with Crippen LogP contribution in [0.1, 0.15) is 79.6 Å². The Morgan fingerprint density at radius 1 is 1.10 bits per heavy atom. The minimum atomic E-state index is -1.29. The molecule has 0 saturated carbocycles. The Labute approximate surface area is 241 Å². The van der Waals surface area contributed by atoms with Crippen LogP contribution in [-0.4, -0.2) is 95.0 Å². The zero-order valence-corrected chi connectivity index (χ0v) is 24.9. The zero-order valence-electron chi connectivity index (χ0n) is 24.9. The molecule has 2 heterocycles. The minimum Gasteiger partial charge on any atom is -0.451 e. The van der Waals surface area contributed by atoms with E-state index in [1.807, 2.05) is 13.8 Å². The largest absolute Gasteiger partial charge is 0.451 e. The van der Waals surface area contributed by atoms with Crippen LogP contribution in [0.5, 0.6) is 0 Å². The highest BCUT2D eigenvalue weighted by Gasteiger charge is 2.41. The fourth-order valence-corrected chi connectivity index (χ4v) is 5.13. The molecule has 2 aliphatic heterocycles. The van der Waals surface area contributed by atoms with Crippen LogP contribution in [0, 0.1) is 11.8 Å². The number of Topliss-reactive ketones (excluding diaryl/α,β-unsaturated/α-hetero) is 1. The molecule has 41 heavy (non-hydrogen) atoms. The van der Waals surface area contributed by atoms with Gasteiger partial charge in [-0.15, -0.1) is 0 Å². The molecular weight excluding hydrogens is 534 g/mol. The average molecular weight is 580 g/mol. The van der Waals surface area contributed by atoms with Crippen LogP contribution in [-0.2, 0) is 38.3 Å². The summed E-state index contributed by atoms with van der Waals surface area (Å²) in [6.45, 7) is 9.18. The van der Waals surface area contributed by atoms with E-state index in [1.54, 1.807) is 20.9 Å². The molecule has 0 aromatic carbocycles. The fourth-order valence-electron chi connectivity index (χ4n) is 5.13. The molecule has 0 aromatic rings. The van der Waals surface area contributed by atoms with Gasteiger partial charge in [-0.05, 0) is 44.9 Å². The van der Waals surface area contributed by atoms with E-state index in [-0.39, 0.29) is 61.7 Å². The summed E-state index contributed by atoms with van der Waals surface area (Å²) in [5.41, 5.74) is 5.22. The number of primary amides is 1. The summed E-state index contributed by atoms with van der Waals surface area (Å²) >= 11 is 0. The number of nitrogens with one attached hydrogen (secondary N) is 2. The van der Waals surface area contributed by atoms with Gasteiger partial charge in [0.25, 0.3) is 5.91 Å². The second-order valence-electron chi connectivity index (χ2n) is 11.6. The van der Waals surface area contributed by atoms with Gasteiger partial charge in [0.2, 0.25) is 23.6 Å². The van der Waals surface area contributed by atoms with Crippen LogP contribution in [0.2, 0.25) is 0 Å². The van der Waals surface area contributed by atoms with Crippen LogP contribution in [0.15, 0.2) is 0 Å². The van der Waals surface area contributed by atoms with Crippen LogP contribution >= 0.6 is 0 Å². The van der Waals surface area contributed by atoms with E-state index in [1.165, 1.54) is 16.7 Å². The Bertz CT molecular complexity index is 1030. The summed E-state index contributed by atoms with van der Waals surface area (Å²) in [7, 11) is 1.58. The predicted octanol–water partition coefficient (Wildman–Crippen LogP) is 0.0362. The third kappa shape index (κ3) is 9.25. The Hall–Kier alpha value is -3.51. The Morgan fingerprint density at radius 2 is 1.76 bits per heavy atom. The first-order chi connectivity index (χ1) is 19.1. The monoisotopic (exact) mass is 579 g/mol. The maximum Gasteiger partial charge on any atom is 0.329 e. The van der Waals surface area contributed by atoms with Crippen LogP contribution in [0.4, 0.5) is 0 Å². The summed E-state index contributed by atoms with van der Waals surface area (Å²) < 4.78 is 5.40. The van der Waals surface area contributed by atoms with Crippen molar-refractivity contribution >= 4 is 41.3 Å². The lowest BCUT2D eigenvalue weighted by molar-refractivity contribution is -0.163. The number of ether oxygens (including phenoxy) is 1. The van der Waals surface area contributed by atoms with Crippen molar-refractivity contribution in [1.82, 2.24) is 20.4 Å². The van der Waals surface area contributed by atoms with Crippen molar-refractivity contribution in [2.45, 2.75) is 110 Å². The quantitative estimate of drug-likeness (QED) is 0.241. The Morgan fingerprint density at radius 3 is 2.29 bits per heavy atom. The first-order valence-electron chi connectivity index (χ1n) is 14.3. The molecule has 5 amide bonds. The van der Waals surface area contributed by atoms with Gasteiger partial charge >= 0.3 is 5.97 Å². The van der Waals surface area contributed by atoms with Gasteiger partial charge in [-0.25, -0.2) is 4.79 Å². The number of rotatable bonds is 14. The molecule has 2 fully saturated rings. The first-order valence-corrected chi connectivity index (χ1v) is 14.3. The summed E-state index contributed by atoms with van der Waals surface area (Å²) in [6.07, 6.45) is 0.240. The summed E-state index contributed by atoms with van der Waals surface area (Å²) in [5.74, 6) is -3.59. The van der Waals surface area contributed by atoms with Gasteiger partial charge in [-0.3, -0.25) is 28.8 Å². The van der Waals surface area contributed by atoms with Gasteiger partial charge in [0.15, 0.2) is 11.9 Å². The maximum absolute atomic E-state index is 13.5. The lowest BCUT2D eigenvalue weighted by Gasteiger charge is -2.34. The summed E-state index contributed by atoms with van der Waals surface area (Å²) in [5, 5.41) is 4.99. The van der Waals surface area contributed by atoms with E-state index in [4.69, 9.17) is 10.5 Å². The first kappa shape index (κ1) is 33.7. The molecule has 0 bridgehead atoms. The normalized spacial score (nSPS) is 20.8. The maximum atomic E-state index is 13.5. The van der Waals surface area contributed by atoms with Crippen LogP contribution < -0.4 is 16.4 Å². The molecule has 13 heteroatoms. The second kappa shape index (κ2) is 14.9. The van der Waals surface area contributed by atoms with Gasteiger partial charge in [-0.2, -0.15) is 0 Å². The standard InChI is InChI=1S/C28H45N5O8/c1-15(2)14-21(24(36)16(3)4)32(6)27(39)20-8-7-13-33(20)26(38)17(5)41-28(40)19(9-11-22(29)34)31-25(37)18-10-12-23(35)30-18/h15-21H,7-14H2,1-6H3,(H2,29,34)(H,30,35)(H,31,37)/t17-,18?,19-,20-,21+/m0/s1. The molecule has 4 N–H and O–H groups in total. The highest BCUT2D eigenvalue weighted by atomic mass is 16.5. The molecule has 0 radical (unpaired) electrons. The number of esters is 1. The summed E-state index contributed by atoms with van der Waals surface area (Å²) in [6, 6.07) is -3.51. The van der Waals surface area contributed by atoms with Crippen molar-refractivity contribution < 1.29 is 38.3 Å². The smallest absolute Gasteiger partial charge is 0.329 e. The molecule has 5 atom stereocenters. The van der Waals surface area contributed by atoms with Crippen molar-refractivity contribution in [2.75, 3.05) is 13.6 Å². The number of likely N-dealkylation sites (tertiary alicyclic amines) is 1. The molecular formula is C28H45N5O8. The molecule has 0 aromatic heterocycles. The number of ketones is 1. The second-order valence-corrected chi connectivity index (χ2v) is 11.6. The number of hydrogen-bond acceptors (Lipinski definition) is 8. The highest BCUT2D eigenvalue weighted by Crippen LogP contribution is 2.24. The Balaban J connectivity index is 2.11. The Kier molecular flexibility index (Phi) is 12.3. The number of amides is 5. The predicted molar refractivity (Wildman–Crippen MR) is 148 cm³/mol. The molecule has 13 nitrogen and oxygen atoms in total. The van der Waals surface area contributed by atoms with Crippen LogP contribution in [0.25, 0.3) is 0 Å². The topological polar surface area (TPSA) is 185 Å². The molecule has 0 aliphatic carbocycles.